The van der Waals surface area contributed by atoms with Crippen molar-refractivity contribution >= 4 is 5.97 Å². The minimum Gasteiger partial charge on any atom is -0.456 e. The van der Waals surface area contributed by atoms with Gasteiger partial charge in [-0.15, -0.1) is 0 Å². The van der Waals surface area contributed by atoms with E-state index in [9.17, 15) is 9.90 Å². The summed E-state index contributed by atoms with van der Waals surface area (Å²) in [5.74, 6) is -0.453. The molecule has 3 unspecified atom stereocenters. The van der Waals surface area contributed by atoms with Gasteiger partial charge in [-0.1, -0.05) is 0 Å². The van der Waals surface area contributed by atoms with Gasteiger partial charge in [0.05, 0.1) is 5.92 Å². The third-order valence-electron chi connectivity index (χ3n) is 2.83. The quantitative estimate of drug-likeness (QED) is 0.518. The molecule has 2 fully saturated rings. The van der Waals surface area contributed by atoms with Crippen LogP contribution in [-0.2, 0) is 9.53 Å². The van der Waals surface area contributed by atoms with Crippen LogP contribution >= 0.6 is 0 Å². The van der Waals surface area contributed by atoms with Crippen LogP contribution < -0.4 is 0 Å². The van der Waals surface area contributed by atoms with Crippen molar-refractivity contribution in [2.75, 3.05) is 0 Å². The molecular weight excluding hydrogens is 144 g/mol. The predicted octanol–water partition coefficient (Wildman–Crippen LogP) is 0.463. The van der Waals surface area contributed by atoms with Crippen LogP contribution in [0, 0.1) is 5.92 Å². The minimum absolute atomic E-state index is 0.211. The Hall–Kier alpha value is -0.570. The maximum atomic E-state index is 11.1. The Kier molecular flexibility index (Phi) is 1.27. The summed E-state index contributed by atoms with van der Waals surface area (Å²) in [6.45, 7) is 1.81. The average molecular weight is 156 g/mol. The van der Waals surface area contributed by atoms with E-state index < -0.39 is 11.7 Å². The van der Waals surface area contributed by atoms with Gasteiger partial charge < -0.3 is 9.84 Å². The Bertz CT molecular complexity index is 202. The first-order valence-electron chi connectivity index (χ1n) is 4.04. The van der Waals surface area contributed by atoms with Gasteiger partial charge in [0.2, 0.25) is 0 Å². The molecule has 2 aliphatic rings. The Labute approximate surface area is 65.4 Å². The van der Waals surface area contributed by atoms with E-state index in [1.54, 1.807) is 0 Å². The molecule has 2 bridgehead atoms. The fourth-order valence-electron chi connectivity index (χ4n) is 2.07. The first kappa shape index (κ1) is 7.10. The lowest BCUT2D eigenvalue weighted by atomic mass is 9.79. The standard InChI is InChI=1S/C8H12O3/c1-8-4-2-3-5(6(8)9)7(10)11-8/h5-6,9H,2-4H2,1H3. The van der Waals surface area contributed by atoms with Crippen LogP contribution in [0.5, 0.6) is 0 Å². The van der Waals surface area contributed by atoms with Crippen molar-refractivity contribution in [3.05, 3.63) is 0 Å². The number of rotatable bonds is 0. The van der Waals surface area contributed by atoms with Crippen LogP contribution in [0.3, 0.4) is 0 Å². The molecule has 1 aliphatic carbocycles. The SMILES string of the molecule is CC12CCCC(C(=O)O1)C2O. The number of esters is 1. The molecule has 1 heterocycles. The van der Waals surface area contributed by atoms with Gasteiger partial charge in [0.15, 0.2) is 0 Å². The number of ether oxygens (including phenoxy) is 1. The molecule has 11 heavy (non-hydrogen) atoms. The first-order valence-corrected chi connectivity index (χ1v) is 4.04. The van der Waals surface area contributed by atoms with Gasteiger partial charge in [0.1, 0.15) is 11.7 Å². The molecule has 1 saturated heterocycles. The van der Waals surface area contributed by atoms with Gasteiger partial charge in [-0.25, -0.2) is 0 Å². The van der Waals surface area contributed by atoms with Crippen molar-refractivity contribution in [3.63, 3.8) is 0 Å². The number of aliphatic hydroxyl groups is 1. The topological polar surface area (TPSA) is 46.5 Å². The second-order valence-corrected chi connectivity index (χ2v) is 3.68. The van der Waals surface area contributed by atoms with Gasteiger partial charge >= 0.3 is 5.97 Å². The summed E-state index contributed by atoms with van der Waals surface area (Å²) < 4.78 is 5.10. The minimum atomic E-state index is -0.569. The third-order valence-corrected chi connectivity index (χ3v) is 2.83. The summed E-state index contributed by atoms with van der Waals surface area (Å²) in [6, 6.07) is 0. The Balaban J connectivity index is 2.31. The molecule has 0 aromatic heterocycles. The fourth-order valence-corrected chi connectivity index (χ4v) is 2.07. The fraction of sp³-hybridized carbons (Fsp3) is 0.875. The van der Waals surface area contributed by atoms with E-state index in [0.717, 1.165) is 19.3 Å². The zero-order valence-electron chi connectivity index (χ0n) is 6.54. The largest absolute Gasteiger partial charge is 0.456 e. The van der Waals surface area contributed by atoms with Gasteiger partial charge in [-0.3, -0.25) is 4.79 Å². The predicted molar refractivity (Wildman–Crippen MR) is 37.8 cm³/mol. The van der Waals surface area contributed by atoms with Crippen LogP contribution in [0.4, 0.5) is 0 Å². The molecule has 3 nitrogen and oxygen atoms in total. The summed E-state index contributed by atoms with van der Waals surface area (Å²) in [4.78, 5) is 11.1. The van der Waals surface area contributed by atoms with Crippen molar-refractivity contribution in [3.8, 4) is 0 Å². The van der Waals surface area contributed by atoms with E-state index in [4.69, 9.17) is 4.74 Å². The highest BCUT2D eigenvalue weighted by atomic mass is 16.6. The van der Waals surface area contributed by atoms with E-state index in [0.29, 0.717) is 0 Å². The molecule has 62 valence electrons. The highest BCUT2D eigenvalue weighted by Crippen LogP contribution is 2.42. The summed E-state index contributed by atoms with van der Waals surface area (Å²) >= 11 is 0. The molecule has 1 saturated carbocycles. The number of fused-ring (bicyclic) bond motifs is 2. The Morgan fingerprint density at radius 2 is 2.45 bits per heavy atom. The Morgan fingerprint density at radius 3 is 3.00 bits per heavy atom. The summed E-state index contributed by atoms with van der Waals surface area (Å²) in [5, 5.41) is 9.59. The number of carbonyl (C=O) groups excluding carboxylic acids is 1. The zero-order chi connectivity index (χ0) is 8.06. The third kappa shape index (κ3) is 0.805. The Morgan fingerprint density at radius 1 is 1.73 bits per heavy atom. The maximum absolute atomic E-state index is 11.1. The van der Waals surface area contributed by atoms with Crippen molar-refractivity contribution in [1.29, 1.82) is 0 Å². The number of hydrogen-bond donors (Lipinski definition) is 1. The second-order valence-electron chi connectivity index (χ2n) is 3.68. The van der Waals surface area contributed by atoms with Crippen LogP contribution in [0.2, 0.25) is 0 Å². The lowest BCUT2D eigenvalue weighted by Gasteiger charge is -2.30. The molecule has 3 heteroatoms. The van der Waals surface area contributed by atoms with Crippen molar-refractivity contribution < 1.29 is 14.6 Å². The maximum Gasteiger partial charge on any atom is 0.312 e. The van der Waals surface area contributed by atoms with Gasteiger partial charge in [0, 0.05) is 0 Å². The normalized spacial score (nSPS) is 49.1. The highest BCUT2D eigenvalue weighted by molar-refractivity contribution is 5.76. The smallest absolute Gasteiger partial charge is 0.312 e. The highest BCUT2D eigenvalue weighted by Gasteiger charge is 2.54. The molecule has 0 aromatic rings. The van der Waals surface area contributed by atoms with E-state index in [1.165, 1.54) is 0 Å². The molecule has 2 rings (SSSR count). The monoisotopic (exact) mass is 156 g/mol. The molecular formula is C8H12O3. The molecule has 3 atom stereocenters. The first-order chi connectivity index (χ1) is 5.13. The van der Waals surface area contributed by atoms with Crippen molar-refractivity contribution in [1.82, 2.24) is 0 Å². The van der Waals surface area contributed by atoms with Gasteiger partial charge in [-0.05, 0) is 26.2 Å². The van der Waals surface area contributed by atoms with E-state index in [2.05, 4.69) is 0 Å². The lowest BCUT2D eigenvalue weighted by Crippen LogP contribution is -2.41. The van der Waals surface area contributed by atoms with Gasteiger partial charge in [0.25, 0.3) is 0 Å². The number of carbonyl (C=O) groups is 1. The molecule has 0 aromatic carbocycles. The molecule has 1 aliphatic heterocycles. The molecule has 0 spiro atoms. The van der Waals surface area contributed by atoms with Gasteiger partial charge in [-0.2, -0.15) is 0 Å². The molecule has 0 radical (unpaired) electrons. The van der Waals surface area contributed by atoms with Crippen molar-refractivity contribution in [2.45, 2.75) is 37.9 Å². The lowest BCUT2D eigenvalue weighted by molar-refractivity contribution is -0.149. The average Bonchev–Trinajstić information content (AvgIpc) is 2.13. The zero-order valence-corrected chi connectivity index (χ0v) is 6.54. The van der Waals surface area contributed by atoms with Crippen LogP contribution in [-0.4, -0.2) is 22.8 Å². The van der Waals surface area contributed by atoms with Crippen LogP contribution in [0.15, 0.2) is 0 Å². The van der Waals surface area contributed by atoms with Crippen LogP contribution in [0.1, 0.15) is 26.2 Å². The number of hydrogen-bond acceptors (Lipinski definition) is 3. The molecule has 1 N–H and O–H groups in total. The summed E-state index contributed by atoms with van der Waals surface area (Å²) in [5.41, 5.74) is -0.569. The number of aliphatic hydroxyl groups excluding tert-OH is 1. The van der Waals surface area contributed by atoms with E-state index >= 15 is 0 Å². The van der Waals surface area contributed by atoms with E-state index in [-0.39, 0.29) is 11.9 Å². The van der Waals surface area contributed by atoms with Crippen molar-refractivity contribution in [2.24, 2.45) is 5.92 Å². The summed E-state index contributed by atoms with van der Waals surface area (Å²) in [6.07, 6.45) is 2.01. The van der Waals surface area contributed by atoms with Crippen LogP contribution in [0.25, 0.3) is 0 Å². The molecule has 0 amide bonds. The summed E-state index contributed by atoms with van der Waals surface area (Å²) in [7, 11) is 0. The van der Waals surface area contributed by atoms with E-state index in [1.807, 2.05) is 6.92 Å². The second kappa shape index (κ2) is 1.97.